The van der Waals surface area contributed by atoms with Gasteiger partial charge in [0.1, 0.15) is 11.0 Å². The minimum Gasteiger partial charge on any atom is -0.399 e. The van der Waals surface area contributed by atoms with Crippen molar-refractivity contribution in [3.05, 3.63) is 23.8 Å². The van der Waals surface area contributed by atoms with Gasteiger partial charge in [0, 0.05) is 18.3 Å². The molecule has 5 nitrogen and oxygen atoms in total. The Morgan fingerprint density at radius 2 is 2.00 bits per heavy atom. The molecule has 0 radical (unpaired) electrons. The van der Waals surface area contributed by atoms with Gasteiger partial charge in [0.25, 0.3) is 0 Å². The number of nitriles is 1. The molecule has 0 atom stereocenters. The Kier molecular flexibility index (Phi) is 4.23. The van der Waals surface area contributed by atoms with Crippen molar-refractivity contribution < 1.29 is 8.42 Å². The highest BCUT2D eigenvalue weighted by atomic mass is 32.2. The maximum absolute atomic E-state index is 12.6. The SMILES string of the molecule is CCC(C)(C)N(C)S(=O)(=O)c1ccc(N)cc1C#N. The Morgan fingerprint density at radius 3 is 2.47 bits per heavy atom. The molecule has 0 saturated carbocycles. The van der Waals surface area contributed by atoms with Gasteiger partial charge in [-0.15, -0.1) is 0 Å². The summed E-state index contributed by atoms with van der Waals surface area (Å²) in [6, 6.07) is 6.12. The van der Waals surface area contributed by atoms with E-state index in [0.717, 1.165) is 0 Å². The molecule has 0 heterocycles. The Labute approximate surface area is 114 Å². The molecule has 0 aliphatic rings. The quantitative estimate of drug-likeness (QED) is 0.854. The van der Waals surface area contributed by atoms with Crippen LogP contribution in [0.25, 0.3) is 0 Å². The van der Waals surface area contributed by atoms with E-state index in [1.54, 1.807) is 0 Å². The number of nitrogens with zero attached hydrogens (tertiary/aromatic N) is 2. The molecular formula is C13H19N3O2S. The molecule has 0 bridgehead atoms. The Morgan fingerprint density at radius 1 is 1.42 bits per heavy atom. The predicted molar refractivity (Wildman–Crippen MR) is 74.9 cm³/mol. The summed E-state index contributed by atoms with van der Waals surface area (Å²) in [4.78, 5) is -0.00627. The summed E-state index contributed by atoms with van der Waals surface area (Å²) in [6.45, 7) is 5.60. The minimum atomic E-state index is -3.71. The van der Waals surface area contributed by atoms with E-state index in [0.29, 0.717) is 12.1 Å². The fraction of sp³-hybridized carbons (Fsp3) is 0.462. The summed E-state index contributed by atoms with van der Waals surface area (Å²) in [7, 11) is -2.19. The van der Waals surface area contributed by atoms with E-state index in [2.05, 4.69) is 0 Å². The number of nitrogen functional groups attached to an aromatic ring is 1. The van der Waals surface area contributed by atoms with Gasteiger partial charge < -0.3 is 5.73 Å². The molecule has 0 fully saturated rings. The number of hydrogen-bond acceptors (Lipinski definition) is 4. The zero-order chi connectivity index (χ0) is 14.8. The van der Waals surface area contributed by atoms with E-state index >= 15 is 0 Å². The van der Waals surface area contributed by atoms with Crippen molar-refractivity contribution in [2.75, 3.05) is 12.8 Å². The molecule has 104 valence electrons. The van der Waals surface area contributed by atoms with Gasteiger partial charge >= 0.3 is 0 Å². The zero-order valence-corrected chi connectivity index (χ0v) is 12.5. The molecule has 1 aromatic rings. The molecular weight excluding hydrogens is 262 g/mol. The van der Waals surface area contributed by atoms with Crippen molar-refractivity contribution in [2.45, 2.75) is 37.6 Å². The van der Waals surface area contributed by atoms with Crippen LogP contribution in [-0.4, -0.2) is 25.3 Å². The molecule has 2 N–H and O–H groups in total. The summed E-state index contributed by atoms with van der Waals surface area (Å²) in [6.07, 6.45) is 0.666. The van der Waals surface area contributed by atoms with Crippen LogP contribution in [0, 0.1) is 11.3 Å². The van der Waals surface area contributed by atoms with Crippen molar-refractivity contribution in [3.8, 4) is 6.07 Å². The normalized spacial score (nSPS) is 12.4. The molecule has 0 unspecified atom stereocenters. The lowest BCUT2D eigenvalue weighted by molar-refractivity contribution is 0.257. The summed E-state index contributed by atoms with van der Waals surface area (Å²) in [5.74, 6) is 0. The lowest BCUT2D eigenvalue weighted by Crippen LogP contribution is -2.44. The van der Waals surface area contributed by atoms with Crippen LogP contribution >= 0.6 is 0 Å². The topological polar surface area (TPSA) is 87.2 Å². The molecule has 1 rings (SSSR count). The second-order valence-electron chi connectivity index (χ2n) is 5.01. The maximum atomic E-state index is 12.6. The lowest BCUT2D eigenvalue weighted by Gasteiger charge is -2.33. The predicted octanol–water partition coefficient (Wildman–Crippen LogP) is 1.95. The van der Waals surface area contributed by atoms with E-state index in [1.165, 1.54) is 29.6 Å². The molecule has 1 aromatic carbocycles. The summed E-state index contributed by atoms with van der Waals surface area (Å²) >= 11 is 0. The van der Waals surface area contributed by atoms with Gasteiger partial charge in [-0.05, 0) is 38.5 Å². The summed E-state index contributed by atoms with van der Waals surface area (Å²) < 4.78 is 26.4. The van der Waals surface area contributed by atoms with E-state index in [4.69, 9.17) is 11.0 Å². The molecule has 6 heteroatoms. The molecule has 0 spiro atoms. The summed E-state index contributed by atoms with van der Waals surface area (Å²) in [5.41, 5.74) is 5.49. The van der Waals surface area contributed by atoms with Gasteiger partial charge in [0.2, 0.25) is 10.0 Å². The molecule has 0 aliphatic heterocycles. The van der Waals surface area contributed by atoms with E-state index in [9.17, 15) is 8.42 Å². The second-order valence-corrected chi connectivity index (χ2v) is 6.94. The van der Waals surface area contributed by atoms with Crippen molar-refractivity contribution in [2.24, 2.45) is 0 Å². The van der Waals surface area contributed by atoms with Crippen LogP contribution in [0.4, 0.5) is 5.69 Å². The fourth-order valence-electron chi connectivity index (χ4n) is 1.56. The van der Waals surface area contributed by atoms with Gasteiger partial charge in [0.05, 0.1) is 5.56 Å². The number of sulfonamides is 1. The third-order valence-electron chi connectivity index (χ3n) is 3.48. The van der Waals surface area contributed by atoms with Gasteiger partial charge in [-0.1, -0.05) is 6.92 Å². The molecule has 0 aromatic heterocycles. The third-order valence-corrected chi connectivity index (χ3v) is 5.61. The van der Waals surface area contributed by atoms with Crippen LogP contribution in [0.3, 0.4) is 0 Å². The van der Waals surface area contributed by atoms with Crippen molar-refractivity contribution in [3.63, 3.8) is 0 Å². The molecule has 19 heavy (non-hydrogen) atoms. The molecule has 0 saturated heterocycles. The minimum absolute atomic E-state index is 0.00627. The van der Waals surface area contributed by atoms with Crippen LogP contribution in [-0.2, 0) is 10.0 Å². The zero-order valence-electron chi connectivity index (χ0n) is 11.6. The van der Waals surface area contributed by atoms with Crippen molar-refractivity contribution in [1.29, 1.82) is 5.26 Å². The van der Waals surface area contributed by atoms with Gasteiger partial charge in [-0.25, -0.2) is 8.42 Å². The maximum Gasteiger partial charge on any atom is 0.244 e. The second kappa shape index (κ2) is 5.19. The van der Waals surface area contributed by atoms with Crippen LogP contribution in [0.2, 0.25) is 0 Å². The smallest absolute Gasteiger partial charge is 0.244 e. The Balaban J connectivity index is 3.41. The van der Waals surface area contributed by atoms with E-state index in [-0.39, 0.29) is 10.5 Å². The first-order chi connectivity index (χ1) is 8.66. The molecule has 0 amide bonds. The third kappa shape index (κ3) is 2.88. The molecule has 0 aliphatic carbocycles. The highest BCUT2D eigenvalue weighted by molar-refractivity contribution is 7.89. The van der Waals surface area contributed by atoms with Crippen LogP contribution in [0.1, 0.15) is 32.8 Å². The first-order valence-electron chi connectivity index (χ1n) is 5.95. The Bertz CT molecular complexity index is 615. The number of hydrogen-bond donors (Lipinski definition) is 1. The first kappa shape index (κ1) is 15.5. The monoisotopic (exact) mass is 281 g/mol. The van der Waals surface area contributed by atoms with E-state index < -0.39 is 15.6 Å². The van der Waals surface area contributed by atoms with Crippen LogP contribution < -0.4 is 5.73 Å². The highest BCUT2D eigenvalue weighted by Crippen LogP contribution is 2.27. The fourth-order valence-corrected chi connectivity index (χ4v) is 3.25. The number of anilines is 1. The van der Waals surface area contributed by atoms with Gasteiger partial charge in [0.15, 0.2) is 0 Å². The number of nitrogens with two attached hydrogens (primary N) is 1. The number of rotatable bonds is 4. The average molecular weight is 281 g/mol. The lowest BCUT2D eigenvalue weighted by atomic mass is 10.0. The van der Waals surface area contributed by atoms with Gasteiger partial charge in [-0.2, -0.15) is 9.57 Å². The highest BCUT2D eigenvalue weighted by Gasteiger charge is 2.34. The largest absolute Gasteiger partial charge is 0.399 e. The Hall–Kier alpha value is -1.58. The van der Waals surface area contributed by atoms with Crippen molar-refractivity contribution in [1.82, 2.24) is 4.31 Å². The van der Waals surface area contributed by atoms with Crippen LogP contribution in [0.15, 0.2) is 23.1 Å². The van der Waals surface area contributed by atoms with Gasteiger partial charge in [-0.3, -0.25) is 0 Å². The van der Waals surface area contributed by atoms with Crippen molar-refractivity contribution >= 4 is 15.7 Å². The average Bonchev–Trinajstić information content (AvgIpc) is 2.37. The standard InChI is InChI=1S/C13H19N3O2S/c1-5-13(2,3)16(4)19(17,18)12-7-6-11(15)8-10(12)9-14/h6-8H,5,15H2,1-4H3. The van der Waals surface area contributed by atoms with E-state index in [1.807, 2.05) is 26.8 Å². The summed E-state index contributed by atoms with van der Waals surface area (Å²) in [5, 5.41) is 9.06. The van der Waals surface area contributed by atoms with Crippen LogP contribution in [0.5, 0.6) is 0 Å². The number of benzene rings is 1. The first-order valence-corrected chi connectivity index (χ1v) is 7.39.